The van der Waals surface area contributed by atoms with E-state index >= 15 is 0 Å². The van der Waals surface area contributed by atoms with Gasteiger partial charge in [-0.25, -0.2) is 0 Å². The van der Waals surface area contributed by atoms with Gasteiger partial charge in [-0.3, -0.25) is 0 Å². The summed E-state index contributed by atoms with van der Waals surface area (Å²) in [4.78, 5) is 1.25. The van der Waals surface area contributed by atoms with Crippen molar-refractivity contribution in [3.63, 3.8) is 0 Å². The largest absolute Gasteiger partial charge is 0.488 e. The molecule has 3 heteroatoms. The van der Waals surface area contributed by atoms with Crippen molar-refractivity contribution in [1.29, 1.82) is 0 Å². The smallest absolute Gasteiger partial charge is 0.124 e. The van der Waals surface area contributed by atoms with Gasteiger partial charge in [-0.1, -0.05) is 23.8 Å². The first-order valence-corrected chi connectivity index (χ1v) is 7.01. The first kappa shape index (κ1) is 13.1. The van der Waals surface area contributed by atoms with Crippen LogP contribution in [-0.4, -0.2) is 7.05 Å². The van der Waals surface area contributed by atoms with Crippen molar-refractivity contribution in [1.82, 2.24) is 5.32 Å². The van der Waals surface area contributed by atoms with Crippen molar-refractivity contribution in [3.8, 4) is 5.75 Å². The van der Waals surface area contributed by atoms with Crippen LogP contribution in [0.25, 0.3) is 0 Å². The Morgan fingerprint density at radius 3 is 2.83 bits per heavy atom. The van der Waals surface area contributed by atoms with E-state index in [0.717, 1.165) is 5.75 Å². The van der Waals surface area contributed by atoms with Crippen LogP contribution in [0.15, 0.2) is 35.7 Å². The van der Waals surface area contributed by atoms with Gasteiger partial charge in [-0.2, -0.15) is 0 Å². The topological polar surface area (TPSA) is 21.3 Å². The lowest BCUT2D eigenvalue weighted by atomic mass is 10.0. The van der Waals surface area contributed by atoms with Gasteiger partial charge >= 0.3 is 0 Å². The van der Waals surface area contributed by atoms with Gasteiger partial charge in [0.1, 0.15) is 12.4 Å². The summed E-state index contributed by atoms with van der Waals surface area (Å²) in [6, 6.07) is 10.8. The van der Waals surface area contributed by atoms with Gasteiger partial charge in [-0.05, 0) is 38.4 Å². The predicted molar refractivity (Wildman–Crippen MR) is 77.3 cm³/mol. The fourth-order valence-electron chi connectivity index (χ4n) is 1.84. The van der Waals surface area contributed by atoms with Crippen molar-refractivity contribution < 1.29 is 4.74 Å². The molecule has 0 saturated heterocycles. The lowest BCUT2D eigenvalue weighted by Crippen LogP contribution is -2.14. The van der Waals surface area contributed by atoms with E-state index in [1.807, 2.05) is 7.05 Å². The fourth-order valence-corrected chi connectivity index (χ4v) is 2.45. The summed E-state index contributed by atoms with van der Waals surface area (Å²) >= 11 is 1.72. The number of aryl methyl sites for hydroxylation is 1. The van der Waals surface area contributed by atoms with Gasteiger partial charge in [0.2, 0.25) is 0 Å². The molecule has 0 spiro atoms. The van der Waals surface area contributed by atoms with Crippen LogP contribution in [0.5, 0.6) is 5.75 Å². The van der Waals surface area contributed by atoms with Crippen molar-refractivity contribution >= 4 is 11.3 Å². The molecule has 1 unspecified atom stereocenters. The summed E-state index contributed by atoms with van der Waals surface area (Å²) < 4.78 is 5.93. The predicted octanol–water partition coefficient (Wildman–Crippen LogP) is 3.92. The van der Waals surface area contributed by atoms with Crippen molar-refractivity contribution in [2.75, 3.05) is 7.05 Å². The molecule has 1 aromatic carbocycles. The van der Waals surface area contributed by atoms with E-state index in [-0.39, 0.29) is 0 Å². The lowest BCUT2D eigenvalue weighted by Gasteiger charge is -2.17. The molecule has 2 nitrogen and oxygen atoms in total. The van der Waals surface area contributed by atoms with Gasteiger partial charge in [-0.15, -0.1) is 11.3 Å². The van der Waals surface area contributed by atoms with E-state index in [4.69, 9.17) is 4.74 Å². The Morgan fingerprint density at radius 1 is 1.33 bits per heavy atom. The van der Waals surface area contributed by atoms with Gasteiger partial charge < -0.3 is 10.1 Å². The molecule has 1 atom stereocenters. The highest BCUT2D eigenvalue weighted by molar-refractivity contribution is 7.09. The van der Waals surface area contributed by atoms with Crippen LogP contribution in [0.3, 0.4) is 0 Å². The molecule has 2 rings (SSSR count). The molecular formula is C15H19NOS. The van der Waals surface area contributed by atoms with Crippen molar-refractivity contribution in [3.05, 3.63) is 51.7 Å². The molecule has 96 valence electrons. The molecule has 0 amide bonds. The number of rotatable bonds is 5. The molecule has 1 N–H and O–H groups in total. The first-order valence-electron chi connectivity index (χ1n) is 6.13. The van der Waals surface area contributed by atoms with Gasteiger partial charge in [0.25, 0.3) is 0 Å². The van der Waals surface area contributed by atoms with Crippen LogP contribution in [0.1, 0.15) is 29.0 Å². The minimum atomic E-state index is 0.295. The Morgan fingerprint density at radius 2 is 2.17 bits per heavy atom. The maximum absolute atomic E-state index is 5.93. The Hall–Kier alpha value is -1.32. The van der Waals surface area contributed by atoms with E-state index in [1.54, 1.807) is 11.3 Å². The summed E-state index contributed by atoms with van der Waals surface area (Å²) in [5.74, 6) is 0.968. The van der Waals surface area contributed by atoms with Gasteiger partial charge in [0.05, 0.1) is 0 Å². The number of nitrogens with one attached hydrogen (secondary N) is 1. The molecule has 0 aliphatic carbocycles. The van der Waals surface area contributed by atoms with Crippen LogP contribution < -0.4 is 10.1 Å². The number of hydrogen-bond acceptors (Lipinski definition) is 3. The van der Waals surface area contributed by atoms with E-state index in [0.29, 0.717) is 12.6 Å². The zero-order chi connectivity index (χ0) is 13.0. The highest BCUT2D eigenvalue weighted by atomic mass is 32.1. The second-order valence-corrected chi connectivity index (χ2v) is 5.45. The van der Waals surface area contributed by atoms with Crippen LogP contribution in [0.4, 0.5) is 0 Å². The minimum absolute atomic E-state index is 0.295. The molecule has 0 aliphatic rings. The van der Waals surface area contributed by atoms with Crippen molar-refractivity contribution in [2.45, 2.75) is 26.5 Å². The molecule has 1 aromatic heterocycles. The third kappa shape index (κ3) is 3.12. The van der Waals surface area contributed by atoms with Gasteiger partial charge in [0.15, 0.2) is 0 Å². The Balaban J connectivity index is 2.16. The fraction of sp³-hybridized carbons (Fsp3) is 0.333. The van der Waals surface area contributed by atoms with Crippen LogP contribution >= 0.6 is 11.3 Å². The number of benzene rings is 1. The number of thiophene rings is 1. The average molecular weight is 261 g/mol. The second kappa shape index (κ2) is 6.03. The van der Waals surface area contributed by atoms with E-state index in [2.05, 4.69) is 54.9 Å². The molecule has 0 bridgehead atoms. The van der Waals surface area contributed by atoms with Crippen LogP contribution in [0, 0.1) is 6.92 Å². The molecule has 1 heterocycles. The molecule has 2 aromatic rings. The Bertz CT molecular complexity index is 493. The SMILES string of the molecule is CNC(C)c1cc(C)ccc1OCc1cccs1. The standard InChI is InChI=1S/C15H19NOS/c1-11-6-7-15(14(9-11)12(2)16-3)17-10-13-5-4-8-18-13/h4-9,12,16H,10H2,1-3H3. The highest BCUT2D eigenvalue weighted by Crippen LogP contribution is 2.27. The van der Waals surface area contributed by atoms with E-state index in [1.165, 1.54) is 16.0 Å². The molecular weight excluding hydrogens is 242 g/mol. The van der Waals surface area contributed by atoms with E-state index in [9.17, 15) is 0 Å². The third-order valence-electron chi connectivity index (χ3n) is 3.01. The third-order valence-corrected chi connectivity index (χ3v) is 3.86. The van der Waals surface area contributed by atoms with Crippen LogP contribution in [-0.2, 0) is 6.61 Å². The summed E-state index contributed by atoms with van der Waals surface area (Å²) in [7, 11) is 1.97. The molecule has 0 saturated carbocycles. The summed E-state index contributed by atoms with van der Waals surface area (Å²) in [5.41, 5.74) is 2.48. The first-order chi connectivity index (χ1) is 8.70. The number of hydrogen-bond donors (Lipinski definition) is 1. The zero-order valence-corrected chi connectivity index (χ0v) is 11.9. The van der Waals surface area contributed by atoms with Crippen LogP contribution in [0.2, 0.25) is 0 Å². The Kier molecular flexibility index (Phi) is 4.39. The minimum Gasteiger partial charge on any atom is -0.488 e. The maximum atomic E-state index is 5.93. The second-order valence-electron chi connectivity index (χ2n) is 4.42. The summed E-state index contributed by atoms with van der Waals surface area (Å²) in [6.45, 7) is 4.89. The van der Waals surface area contributed by atoms with E-state index < -0.39 is 0 Å². The number of ether oxygens (including phenoxy) is 1. The normalized spacial score (nSPS) is 12.4. The van der Waals surface area contributed by atoms with Gasteiger partial charge in [0, 0.05) is 16.5 Å². The maximum Gasteiger partial charge on any atom is 0.124 e. The Labute approximate surface area is 113 Å². The molecule has 18 heavy (non-hydrogen) atoms. The quantitative estimate of drug-likeness (QED) is 0.881. The summed E-state index contributed by atoms with van der Waals surface area (Å²) in [6.07, 6.45) is 0. The lowest BCUT2D eigenvalue weighted by molar-refractivity contribution is 0.303. The molecule has 0 aliphatic heterocycles. The van der Waals surface area contributed by atoms with Crippen molar-refractivity contribution in [2.24, 2.45) is 0 Å². The monoisotopic (exact) mass is 261 g/mol. The average Bonchev–Trinajstić information content (AvgIpc) is 2.89. The zero-order valence-electron chi connectivity index (χ0n) is 11.1. The summed E-state index contributed by atoms with van der Waals surface area (Å²) in [5, 5.41) is 5.34. The highest BCUT2D eigenvalue weighted by Gasteiger charge is 2.10. The molecule has 0 radical (unpaired) electrons. The molecule has 0 fully saturated rings.